The van der Waals surface area contributed by atoms with Crippen LogP contribution in [0.4, 0.5) is 4.79 Å². The van der Waals surface area contributed by atoms with E-state index in [1.54, 1.807) is 42.2 Å². The molecule has 172 valence electrons. The first kappa shape index (κ1) is 22.6. The molecule has 0 spiro atoms. The first-order valence-electron chi connectivity index (χ1n) is 11.5. The molecule has 0 radical (unpaired) electrons. The van der Waals surface area contributed by atoms with Crippen LogP contribution in [0.1, 0.15) is 47.4 Å². The summed E-state index contributed by atoms with van der Waals surface area (Å²) in [5.41, 5.74) is 7.79. The number of carbonyl (C=O) groups is 2. The standard InChI is InChI=1S/C27H30N2O4/c1-19-17-24(26(28)30)25(32-19)22-11-6-12-23(18-22)33-27(31)29-15-13-21(14-16-29)10-5-9-20-7-3-2-4-8-20/h2-4,6-8,11-12,17-18,21H,5,9-10,13-16H2,1H3,(H2,28,30). The van der Waals surface area contributed by atoms with Gasteiger partial charge in [-0.15, -0.1) is 0 Å². The molecular weight excluding hydrogens is 416 g/mol. The Balaban J connectivity index is 1.29. The highest BCUT2D eigenvalue weighted by Crippen LogP contribution is 2.30. The molecule has 1 fully saturated rings. The summed E-state index contributed by atoms with van der Waals surface area (Å²) < 4.78 is 11.3. The van der Waals surface area contributed by atoms with Crippen LogP contribution in [-0.4, -0.2) is 30.0 Å². The fourth-order valence-electron chi connectivity index (χ4n) is 4.42. The minimum absolute atomic E-state index is 0.310. The van der Waals surface area contributed by atoms with Crippen molar-refractivity contribution < 1.29 is 18.7 Å². The zero-order valence-electron chi connectivity index (χ0n) is 19.0. The minimum Gasteiger partial charge on any atom is -0.461 e. The molecule has 2 amide bonds. The number of primary amides is 1. The number of piperidine rings is 1. The number of likely N-dealkylation sites (tertiary alicyclic amines) is 1. The van der Waals surface area contributed by atoms with Crippen molar-refractivity contribution in [1.29, 1.82) is 0 Å². The van der Waals surface area contributed by atoms with Gasteiger partial charge in [0.15, 0.2) is 0 Å². The number of amides is 2. The van der Waals surface area contributed by atoms with Gasteiger partial charge in [0.1, 0.15) is 17.3 Å². The maximum absolute atomic E-state index is 12.7. The Morgan fingerprint density at radius 1 is 1.06 bits per heavy atom. The van der Waals surface area contributed by atoms with Crippen molar-refractivity contribution in [1.82, 2.24) is 4.90 Å². The van der Waals surface area contributed by atoms with Crippen molar-refractivity contribution in [3.8, 4) is 17.1 Å². The Kier molecular flexibility index (Phi) is 7.13. The largest absolute Gasteiger partial charge is 0.461 e. The van der Waals surface area contributed by atoms with E-state index < -0.39 is 5.91 Å². The lowest BCUT2D eigenvalue weighted by Crippen LogP contribution is -2.40. The second kappa shape index (κ2) is 10.4. The Morgan fingerprint density at radius 3 is 2.55 bits per heavy atom. The molecule has 1 saturated heterocycles. The molecule has 2 N–H and O–H groups in total. The van der Waals surface area contributed by atoms with E-state index in [2.05, 4.69) is 24.3 Å². The molecule has 0 atom stereocenters. The van der Waals surface area contributed by atoms with Gasteiger partial charge >= 0.3 is 6.09 Å². The predicted octanol–water partition coefficient (Wildman–Crippen LogP) is 5.59. The Morgan fingerprint density at radius 2 is 1.82 bits per heavy atom. The van der Waals surface area contributed by atoms with E-state index in [0.717, 1.165) is 19.3 Å². The van der Waals surface area contributed by atoms with Crippen LogP contribution >= 0.6 is 0 Å². The molecule has 2 heterocycles. The SMILES string of the molecule is Cc1cc(C(N)=O)c(-c2cccc(OC(=O)N3CCC(CCCc4ccccc4)CC3)c2)o1. The van der Waals surface area contributed by atoms with Crippen molar-refractivity contribution in [2.24, 2.45) is 11.7 Å². The molecule has 6 heteroatoms. The van der Waals surface area contributed by atoms with Crippen molar-refractivity contribution >= 4 is 12.0 Å². The number of nitrogens with two attached hydrogens (primary N) is 1. The third-order valence-electron chi connectivity index (χ3n) is 6.22. The number of aryl methyl sites for hydroxylation is 2. The van der Waals surface area contributed by atoms with Crippen molar-refractivity contribution in [3.05, 3.63) is 77.6 Å². The smallest absolute Gasteiger partial charge is 0.415 e. The Labute approximate surface area is 194 Å². The lowest BCUT2D eigenvalue weighted by molar-refractivity contribution is 0.1000. The molecule has 0 unspecified atom stereocenters. The van der Waals surface area contributed by atoms with Crippen LogP contribution in [0.3, 0.4) is 0 Å². The van der Waals surface area contributed by atoms with Crippen LogP contribution in [0, 0.1) is 12.8 Å². The van der Waals surface area contributed by atoms with Gasteiger partial charge in [0, 0.05) is 18.7 Å². The number of nitrogens with zero attached hydrogens (tertiary/aromatic N) is 1. The van der Waals surface area contributed by atoms with Crippen molar-refractivity contribution in [2.45, 2.75) is 39.0 Å². The highest BCUT2D eigenvalue weighted by atomic mass is 16.6. The van der Waals surface area contributed by atoms with E-state index in [-0.39, 0.29) is 6.09 Å². The summed E-state index contributed by atoms with van der Waals surface area (Å²) in [6, 6.07) is 19.2. The molecule has 1 aliphatic heterocycles. The third-order valence-corrected chi connectivity index (χ3v) is 6.22. The van der Waals surface area contributed by atoms with Gasteiger partial charge in [-0.05, 0) is 68.7 Å². The van der Waals surface area contributed by atoms with Crippen LogP contribution in [0.5, 0.6) is 5.75 Å². The summed E-state index contributed by atoms with van der Waals surface area (Å²) in [4.78, 5) is 26.2. The number of benzene rings is 2. The van der Waals surface area contributed by atoms with Gasteiger partial charge in [-0.3, -0.25) is 4.79 Å². The zero-order chi connectivity index (χ0) is 23.2. The molecule has 0 bridgehead atoms. The fourth-order valence-corrected chi connectivity index (χ4v) is 4.42. The molecule has 1 aliphatic rings. The van der Waals surface area contributed by atoms with Gasteiger partial charge in [-0.1, -0.05) is 42.5 Å². The summed E-state index contributed by atoms with van der Waals surface area (Å²) in [6.07, 6.45) is 5.11. The average molecular weight is 447 g/mol. The second-order valence-electron chi connectivity index (χ2n) is 8.67. The highest BCUT2D eigenvalue weighted by molar-refractivity contribution is 5.98. The van der Waals surface area contributed by atoms with Crippen molar-refractivity contribution in [3.63, 3.8) is 0 Å². The summed E-state index contributed by atoms with van der Waals surface area (Å²) in [5, 5.41) is 0. The number of rotatable bonds is 7. The molecule has 1 aromatic heterocycles. The highest BCUT2D eigenvalue weighted by Gasteiger charge is 2.24. The minimum atomic E-state index is -0.559. The van der Waals surface area contributed by atoms with E-state index in [9.17, 15) is 9.59 Å². The van der Waals surface area contributed by atoms with Crippen molar-refractivity contribution in [2.75, 3.05) is 13.1 Å². The van der Waals surface area contributed by atoms with Crippen LogP contribution in [0.25, 0.3) is 11.3 Å². The van der Waals surface area contributed by atoms with Crippen LogP contribution in [0.15, 0.2) is 65.1 Å². The third kappa shape index (κ3) is 5.83. The van der Waals surface area contributed by atoms with E-state index in [1.165, 1.54) is 18.4 Å². The van der Waals surface area contributed by atoms with Gasteiger partial charge in [-0.2, -0.15) is 0 Å². The average Bonchev–Trinajstić information content (AvgIpc) is 3.22. The van der Waals surface area contributed by atoms with E-state index in [4.69, 9.17) is 14.9 Å². The van der Waals surface area contributed by atoms with E-state index in [1.807, 2.05) is 6.07 Å². The van der Waals surface area contributed by atoms with Gasteiger partial charge in [0.25, 0.3) is 5.91 Å². The quantitative estimate of drug-likeness (QED) is 0.513. The number of hydrogen-bond acceptors (Lipinski definition) is 4. The second-order valence-corrected chi connectivity index (χ2v) is 8.67. The number of carbonyl (C=O) groups excluding carboxylic acids is 2. The Hall–Kier alpha value is -3.54. The molecule has 3 aromatic rings. The Bertz CT molecular complexity index is 1100. The summed E-state index contributed by atoms with van der Waals surface area (Å²) in [7, 11) is 0. The van der Waals surface area contributed by atoms with E-state index in [0.29, 0.717) is 47.4 Å². The summed E-state index contributed by atoms with van der Waals surface area (Å²) in [5.74, 6) is 1.47. The molecule has 0 saturated carbocycles. The number of hydrogen-bond donors (Lipinski definition) is 1. The van der Waals surface area contributed by atoms with Crippen LogP contribution in [0.2, 0.25) is 0 Å². The molecule has 4 rings (SSSR count). The summed E-state index contributed by atoms with van der Waals surface area (Å²) in [6.45, 7) is 3.17. The van der Waals surface area contributed by atoms with Gasteiger partial charge < -0.3 is 19.8 Å². The molecule has 0 aliphatic carbocycles. The normalized spacial score (nSPS) is 14.3. The molecule has 2 aromatic carbocycles. The van der Waals surface area contributed by atoms with Gasteiger partial charge in [0.2, 0.25) is 0 Å². The lowest BCUT2D eigenvalue weighted by atomic mass is 9.91. The summed E-state index contributed by atoms with van der Waals surface area (Å²) >= 11 is 0. The topological polar surface area (TPSA) is 85.8 Å². The monoisotopic (exact) mass is 446 g/mol. The van der Waals surface area contributed by atoms with Gasteiger partial charge in [0.05, 0.1) is 5.56 Å². The maximum atomic E-state index is 12.7. The first-order chi connectivity index (χ1) is 16.0. The van der Waals surface area contributed by atoms with Crippen LogP contribution in [-0.2, 0) is 6.42 Å². The molecule has 33 heavy (non-hydrogen) atoms. The lowest BCUT2D eigenvalue weighted by Gasteiger charge is -2.31. The number of furan rings is 1. The number of ether oxygens (including phenoxy) is 1. The van der Waals surface area contributed by atoms with Gasteiger partial charge in [-0.25, -0.2) is 4.79 Å². The molecular formula is C27H30N2O4. The fraction of sp³-hybridized carbons (Fsp3) is 0.333. The zero-order valence-corrected chi connectivity index (χ0v) is 19.0. The van der Waals surface area contributed by atoms with Crippen LogP contribution < -0.4 is 10.5 Å². The first-order valence-corrected chi connectivity index (χ1v) is 11.5. The maximum Gasteiger partial charge on any atom is 0.415 e. The van der Waals surface area contributed by atoms with E-state index >= 15 is 0 Å². The molecule has 6 nitrogen and oxygen atoms in total. The predicted molar refractivity (Wildman–Crippen MR) is 127 cm³/mol.